The Morgan fingerprint density at radius 1 is 1.46 bits per heavy atom. The number of halogens is 1. The monoisotopic (exact) mass is 184 g/mol. The van der Waals surface area contributed by atoms with Crippen LogP contribution in [0.4, 0.5) is 10.1 Å². The van der Waals surface area contributed by atoms with Gasteiger partial charge in [0.05, 0.1) is 6.61 Å². The minimum atomic E-state index is -0.260. The Kier molecular flexibility index (Phi) is 3.22. The lowest BCUT2D eigenvalue weighted by molar-refractivity contribution is 0.124. The van der Waals surface area contributed by atoms with Gasteiger partial charge < -0.3 is 4.90 Å². The van der Waals surface area contributed by atoms with Gasteiger partial charge in [-0.05, 0) is 12.1 Å². The lowest BCUT2D eigenvalue weighted by atomic mass is 10.2. The van der Waals surface area contributed by atoms with Crippen molar-refractivity contribution in [2.45, 2.75) is 6.61 Å². The lowest BCUT2D eigenvalue weighted by Gasteiger charge is -2.16. The van der Waals surface area contributed by atoms with Crippen LogP contribution < -0.4 is 10.8 Å². The number of nitrogens with zero attached hydrogens (tertiary/aromatic N) is 1. The van der Waals surface area contributed by atoms with Crippen LogP contribution >= 0.6 is 0 Å². The maximum Gasteiger partial charge on any atom is 0.125 e. The Hall–Kier alpha value is -1.13. The van der Waals surface area contributed by atoms with Gasteiger partial charge in [0.15, 0.2) is 0 Å². The Morgan fingerprint density at radius 2 is 2.15 bits per heavy atom. The molecule has 1 aromatic rings. The smallest absolute Gasteiger partial charge is 0.125 e. The molecular formula is C9H13FN2O. The molecule has 0 aliphatic rings. The van der Waals surface area contributed by atoms with E-state index in [-0.39, 0.29) is 12.4 Å². The zero-order chi connectivity index (χ0) is 9.84. The van der Waals surface area contributed by atoms with Gasteiger partial charge >= 0.3 is 0 Å². The van der Waals surface area contributed by atoms with Crippen LogP contribution in [0.2, 0.25) is 0 Å². The molecule has 2 N–H and O–H groups in total. The molecule has 0 amide bonds. The topological polar surface area (TPSA) is 38.5 Å². The molecule has 0 unspecified atom stereocenters. The summed E-state index contributed by atoms with van der Waals surface area (Å²) in [7, 11) is 3.68. The van der Waals surface area contributed by atoms with Gasteiger partial charge in [0.1, 0.15) is 5.82 Å². The highest BCUT2D eigenvalue weighted by molar-refractivity contribution is 5.52. The second-order valence-corrected chi connectivity index (χ2v) is 2.98. The molecule has 1 aromatic carbocycles. The first-order chi connectivity index (χ1) is 6.15. The summed E-state index contributed by atoms with van der Waals surface area (Å²) in [5, 5.41) is 0. The number of nitrogens with two attached hydrogens (primary N) is 1. The highest BCUT2D eigenvalue weighted by atomic mass is 19.1. The van der Waals surface area contributed by atoms with Crippen LogP contribution in [0.1, 0.15) is 5.56 Å². The fourth-order valence-electron chi connectivity index (χ4n) is 1.17. The molecule has 3 nitrogen and oxygen atoms in total. The van der Waals surface area contributed by atoms with Crippen molar-refractivity contribution in [3.8, 4) is 0 Å². The molecule has 13 heavy (non-hydrogen) atoms. The summed E-state index contributed by atoms with van der Waals surface area (Å²) in [6.07, 6.45) is 0. The molecule has 0 fully saturated rings. The van der Waals surface area contributed by atoms with Crippen molar-refractivity contribution < 1.29 is 9.23 Å². The maximum absolute atomic E-state index is 12.8. The van der Waals surface area contributed by atoms with Crippen molar-refractivity contribution in [2.24, 2.45) is 5.90 Å². The van der Waals surface area contributed by atoms with Gasteiger partial charge in [-0.15, -0.1) is 0 Å². The maximum atomic E-state index is 12.8. The van der Waals surface area contributed by atoms with E-state index >= 15 is 0 Å². The Bertz CT molecular complexity index is 289. The molecule has 0 saturated carbocycles. The highest BCUT2D eigenvalue weighted by Gasteiger charge is 2.05. The Labute approximate surface area is 76.9 Å². The molecule has 0 aliphatic heterocycles. The summed E-state index contributed by atoms with van der Waals surface area (Å²) in [6.45, 7) is 0.286. The number of rotatable bonds is 3. The minimum Gasteiger partial charge on any atom is -0.377 e. The van der Waals surface area contributed by atoms with Gasteiger partial charge in [0.25, 0.3) is 0 Å². The number of anilines is 1. The van der Waals surface area contributed by atoms with Crippen LogP contribution in [0.5, 0.6) is 0 Å². The fourth-order valence-corrected chi connectivity index (χ4v) is 1.17. The number of benzene rings is 1. The predicted molar refractivity (Wildman–Crippen MR) is 49.7 cm³/mol. The third kappa shape index (κ3) is 2.40. The van der Waals surface area contributed by atoms with E-state index in [1.807, 2.05) is 19.0 Å². The summed E-state index contributed by atoms with van der Waals surface area (Å²) >= 11 is 0. The first-order valence-corrected chi connectivity index (χ1v) is 3.92. The normalized spacial score (nSPS) is 10.2. The van der Waals surface area contributed by atoms with Crippen molar-refractivity contribution >= 4 is 5.69 Å². The molecule has 4 heteroatoms. The van der Waals surface area contributed by atoms with Crippen molar-refractivity contribution in [1.29, 1.82) is 0 Å². The lowest BCUT2D eigenvalue weighted by Crippen LogP contribution is -2.13. The highest BCUT2D eigenvalue weighted by Crippen LogP contribution is 2.20. The van der Waals surface area contributed by atoms with E-state index < -0.39 is 0 Å². The summed E-state index contributed by atoms with van der Waals surface area (Å²) < 4.78 is 12.8. The summed E-state index contributed by atoms with van der Waals surface area (Å²) in [4.78, 5) is 6.33. The number of hydrogen-bond donors (Lipinski definition) is 1. The van der Waals surface area contributed by atoms with E-state index in [1.54, 1.807) is 6.07 Å². The van der Waals surface area contributed by atoms with Crippen LogP contribution in [0.15, 0.2) is 18.2 Å². The molecule has 0 saturated heterocycles. The largest absolute Gasteiger partial charge is 0.377 e. The van der Waals surface area contributed by atoms with Gasteiger partial charge in [-0.25, -0.2) is 10.3 Å². The molecule has 0 bridgehead atoms. The van der Waals surface area contributed by atoms with E-state index in [9.17, 15) is 4.39 Å². The van der Waals surface area contributed by atoms with Gasteiger partial charge in [0, 0.05) is 25.3 Å². The SMILES string of the molecule is CN(C)c1cc(F)ccc1CON. The summed E-state index contributed by atoms with van der Waals surface area (Å²) in [5.74, 6) is 4.70. The quantitative estimate of drug-likeness (QED) is 0.719. The van der Waals surface area contributed by atoms with Gasteiger partial charge in [0.2, 0.25) is 0 Å². The predicted octanol–water partition coefficient (Wildman–Crippen LogP) is 1.28. The van der Waals surface area contributed by atoms with Crippen molar-refractivity contribution in [3.63, 3.8) is 0 Å². The fraction of sp³-hybridized carbons (Fsp3) is 0.333. The summed E-state index contributed by atoms with van der Waals surface area (Å²) in [6, 6.07) is 4.51. The van der Waals surface area contributed by atoms with Gasteiger partial charge in [-0.3, -0.25) is 4.84 Å². The van der Waals surface area contributed by atoms with E-state index in [0.29, 0.717) is 0 Å². The first kappa shape index (κ1) is 9.95. The molecule has 0 atom stereocenters. The molecule has 72 valence electrons. The minimum absolute atomic E-state index is 0.260. The van der Waals surface area contributed by atoms with Crippen LogP contribution in [0.3, 0.4) is 0 Å². The van der Waals surface area contributed by atoms with Crippen LogP contribution in [-0.4, -0.2) is 14.1 Å². The molecular weight excluding hydrogens is 171 g/mol. The molecule has 1 rings (SSSR count). The van der Waals surface area contributed by atoms with E-state index in [0.717, 1.165) is 11.3 Å². The molecule has 0 aliphatic carbocycles. The molecule has 0 heterocycles. The van der Waals surface area contributed by atoms with Crippen LogP contribution in [-0.2, 0) is 11.4 Å². The third-order valence-electron chi connectivity index (χ3n) is 1.77. The third-order valence-corrected chi connectivity index (χ3v) is 1.77. The van der Waals surface area contributed by atoms with Crippen LogP contribution in [0.25, 0.3) is 0 Å². The Balaban J connectivity index is 3.03. The Morgan fingerprint density at radius 3 is 2.69 bits per heavy atom. The number of hydrogen-bond acceptors (Lipinski definition) is 3. The first-order valence-electron chi connectivity index (χ1n) is 3.92. The average molecular weight is 184 g/mol. The second-order valence-electron chi connectivity index (χ2n) is 2.98. The van der Waals surface area contributed by atoms with Crippen molar-refractivity contribution in [3.05, 3.63) is 29.6 Å². The summed E-state index contributed by atoms with van der Waals surface area (Å²) in [5.41, 5.74) is 1.65. The van der Waals surface area contributed by atoms with Crippen molar-refractivity contribution in [1.82, 2.24) is 0 Å². The van der Waals surface area contributed by atoms with E-state index in [2.05, 4.69) is 4.84 Å². The van der Waals surface area contributed by atoms with Gasteiger partial charge in [-0.2, -0.15) is 0 Å². The standard InChI is InChI=1S/C9H13FN2O/c1-12(2)9-5-8(10)4-3-7(9)6-13-11/h3-5H,6,11H2,1-2H3. The molecule has 0 aromatic heterocycles. The molecule has 0 spiro atoms. The van der Waals surface area contributed by atoms with Crippen molar-refractivity contribution in [2.75, 3.05) is 19.0 Å². The second kappa shape index (κ2) is 4.20. The average Bonchev–Trinajstić information content (AvgIpc) is 2.08. The molecule has 0 radical (unpaired) electrons. The zero-order valence-corrected chi connectivity index (χ0v) is 7.75. The van der Waals surface area contributed by atoms with E-state index in [4.69, 9.17) is 5.90 Å². The van der Waals surface area contributed by atoms with Crippen LogP contribution in [0, 0.1) is 5.82 Å². The van der Waals surface area contributed by atoms with E-state index in [1.165, 1.54) is 12.1 Å². The zero-order valence-electron chi connectivity index (χ0n) is 7.75. The van der Waals surface area contributed by atoms with Gasteiger partial charge in [-0.1, -0.05) is 6.07 Å².